The van der Waals surface area contributed by atoms with Crippen molar-refractivity contribution in [2.24, 2.45) is 0 Å². The first-order valence-corrected chi connectivity index (χ1v) is 9.98. The molecule has 30 heavy (non-hydrogen) atoms. The lowest BCUT2D eigenvalue weighted by atomic mass is 10.2. The normalized spacial score (nSPS) is 12.9. The molecule has 0 saturated heterocycles. The van der Waals surface area contributed by atoms with Crippen LogP contribution in [-0.4, -0.2) is 35.2 Å². The summed E-state index contributed by atoms with van der Waals surface area (Å²) in [7, 11) is 3.32. The van der Waals surface area contributed by atoms with Crippen LogP contribution in [0.2, 0.25) is 0 Å². The number of rotatable bonds is 10. The van der Waals surface area contributed by atoms with E-state index in [-0.39, 0.29) is 0 Å². The van der Waals surface area contributed by atoms with Crippen molar-refractivity contribution in [2.75, 3.05) is 30.2 Å². The van der Waals surface area contributed by atoms with Gasteiger partial charge in [-0.1, -0.05) is 24.3 Å². The number of nitrogens with one attached hydrogen (secondary N) is 3. The Hall–Kier alpha value is -3.55. The summed E-state index contributed by atoms with van der Waals surface area (Å²) >= 11 is 0. The van der Waals surface area contributed by atoms with Crippen molar-refractivity contribution in [1.82, 2.24) is 15.0 Å². The molecular formula is C22H26N6O2. The molecule has 1 heterocycles. The van der Waals surface area contributed by atoms with Crippen molar-refractivity contribution in [2.45, 2.75) is 32.0 Å². The summed E-state index contributed by atoms with van der Waals surface area (Å²) in [6, 6.07) is 16.3. The number of hydrogen-bond acceptors (Lipinski definition) is 8. The van der Waals surface area contributed by atoms with Gasteiger partial charge in [0.2, 0.25) is 17.8 Å². The van der Waals surface area contributed by atoms with Crippen LogP contribution in [0.15, 0.2) is 48.5 Å². The molecule has 1 aliphatic carbocycles. The van der Waals surface area contributed by atoms with Crippen molar-refractivity contribution in [3.05, 3.63) is 59.7 Å². The Labute approximate surface area is 176 Å². The van der Waals surface area contributed by atoms with Crippen LogP contribution in [0.5, 0.6) is 11.5 Å². The first-order chi connectivity index (χ1) is 14.7. The lowest BCUT2D eigenvalue weighted by Gasteiger charge is -2.11. The average molecular weight is 406 g/mol. The molecule has 8 heteroatoms. The summed E-state index contributed by atoms with van der Waals surface area (Å²) in [6.07, 6.45) is 2.30. The van der Waals surface area contributed by atoms with Crippen LogP contribution in [-0.2, 0) is 13.1 Å². The molecule has 0 spiro atoms. The van der Waals surface area contributed by atoms with E-state index in [1.54, 1.807) is 14.2 Å². The van der Waals surface area contributed by atoms with E-state index in [0.29, 0.717) is 37.0 Å². The zero-order valence-corrected chi connectivity index (χ0v) is 17.2. The van der Waals surface area contributed by atoms with Gasteiger partial charge in [-0.2, -0.15) is 15.0 Å². The fourth-order valence-corrected chi connectivity index (χ4v) is 2.86. The van der Waals surface area contributed by atoms with E-state index in [4.69, 9.17) is 9.47 Å². The third-order valence-corrected chi connectivity index (χ3v) is 4.77. The Kier molecular flexibility index (Phi) is 6.12. The summed E-state index contributed by atoms with van der Waals surface area (Å²) < 4.78 is 10.4. The number of aromatic nitrogens is 3. The smallest absolute Gasteiger partial charge is 0.229 e. The molecule has 1 aliphatic rings. The van der Waals surface area contributed by atoms with E-state index >= 15 is 0 Å². The monoisotopic (exact) mass is 406 g/mol. The van der Waals surface area contributed by atoms with Gasteiger partial charge in [0.05, 0.1) is 14.2 Å². The lowest BCUT2D eigenvalue weighted by Crippen LogP contribution is -2.13. The zero-order chi connectivity index (χ0) is 20.8. The van der Waals surface area contributed by atoms with Gasteiger partial charge in [0.1, 0.15) is 11.5 Å². The van der Waals surface area contributed by atoms with Crippen LogP contribution in [0, 0.1) is 0 Å². The number of anilines is 3. The van der Waals surface area contributed by atoms with Gasteiger partial charge in [-0.25, -0.2) is 0 Å². The third kappa shape index (κ3) is 5.50. The Morgan fingerprint density at radius 1 is 0.700 bits per heavy atom. The molecule has 0 aliphatic heterocycles. The molecule has 0 radical (unpaired) electrons. The zero-order valence-electron chi connectivity index (χ0n) is 17.2. The SMILES string of the molecule is COc1ccc(CNc2nc(NCc3ccc(OC)cc3)nc(NC3CC3)n2)cc1. The number of nitrogens with zero attached hydrogens (tertiary/aromatic N) is 3. The van der Waals surface area contributed by atoms with Crippen molar-refractivity contribution in [3.8, 4) is 11.5 Å². The molecule has 4 rings (SSSR count). The number of benzene rings is 2. The minimum Gasteiger partial charge on any atom is -0.497 e. The Bertz CT molecular complexity index is 889. The van der Waals surface area contributed by atoms with Gasteiger partial charge in [0, 0.05) is 19.1 Å². The Balaban J connectivity index is 1.43. The molecule has 0 unspecified atom stereocenters. The molecule has 8 nitrogen and oxygen atoms in total. The van der Waals surface area contributed by atoms with Gasteiger partial charge >= 0.3 is 0 Å². The van der Waals surface area contributed by atoms with Gasteiger partial charge in [0.25, 0.3) is 0 Å². The van der Waals surface area contributed by atoms with Crippen LogP contribution in [0.1, 0.15) is 24.0 Å². The molecule has 1 aromatic heterocycles. The minimum absolute atomic E-state index is 0.455. The fourth-order valence-electron chi connectivity index (χ4n) is 2.86. The van der Waals surface area contributed by atoms with Gasteiger partial charge in [0.15, 0.2) is 0 Å². The van der Waals surface area contributed by atoms with E-state index in [2.05, 4.69) is 30.9 Å². The highest BCUT2D eigenvalue weighted by atomic mass is 16.5. The summed E-state index contributed by atoms with van der Waals surface area (Å²) in [5, 5.41) is 9.92. The molecule has 1 saturated carbocycles. The quantitative estimate of drug-likeness (QED) is 0.469. The molecule has 1 fully saturated rings. The van der Waals surface area contributed by atoms with Crippen molar-refractivity contribution < 1.29 is 9.47 Å². The molecular weight excluding hydrogens is 380 g/mol. The van der Waals surface area contributed by atoms with Gasteiger partial charge in [-0.15, -0.1) is 0 Å². The summed E-state index contributed by atoms with van der Waals surface area (Å²) in [4.78, 5) is 13.6. The van der Waals surface area contributed by atoms with E-state index in [1.807, 2.05) is 48.5 Å². The summed E-state index contributed by atoms with van der Waals surface area (Å²) in [6.45, 7) is 1.21. The van der Waals surface area contributed by atoms with E-state index in [0.717, 1.165) is 35.5 Å². The van der Waals surface area contributed by atoms with Crippen molar-refractivity contribution in [1.29, 1.82) is 0 Å². The first-order valence-electron chi connectivity index (χ1n) is 9.98. The topological polar surface area (TPSA) is 93.2 Å². The first kappa shape index (κ1) is 19.8. The standard InChI is InChI=1S/C22H26N6O2/c1-29-18-9-3-15(4-10-18)13-23-20-26-21(28-22(27-20)25-17-7-8-17)24-14-16-5-11-19(30-2)12-6-16/h3-6,9-12,17H,7-8,13-14H2,1-2H3,(H3,23,24,25,26,27,28). The predicted octanol–water partition coefficient (Wildman–Crippen LogP) is 3.69. The van der Waals surface area contributed by atoms with Crippen LogP contribution in [0.25, 0.3) is 0 Å². The number of ether oxygens (including phenoxy) is 2. The summed E-state index contributed by atoms with van der Waals surface area (Å²) in [5.41, 5.74) is 2.22. The number of methoxy groups -OCH3 is 2. The maximum absolute atomic E-state index is 5.21. The van der Waals surface area contributed by atoms with Crippen LogP contribution < -0.4 is 25.4 Å². The van der Waals surface area contributed by atoms with Gasteiger partial charge in [-0.3, -0.25) is 0 Å². The lowest BCUT2D eigenvalue weighted by molar-refractivity contribution is 0.414. The maximum Gasteiger partial charge on any atom is 0.229 e. The van der Waals surface area contributed by atoms with Gasteiger partial charge < -0.3 is 25.4 Å². The molecule has 3 aromatic rings. The van der Waals surface area contributed by atoms with Crippen LogP contribution in [0.3, 0.4) is 0 Å². The second kappa shape index (κ2) is 9.30. The molecule has 0 atom stereocenters. The summed E-state index contributed by atoms with van der Waals surface area (Å²) in [5.74, 6) is 3.31. The molecule has 2 aromatic carbocycles. The van der Waals surface area contributed by atoms with E-state index < -0.39 is 0 Å². The molecule has 0 bridgehead atoms. The highest BCUT2D eigenvalue weighted by Gasteiger charge is 2.22. The van der Waals surface area contributed by atoms with Crippen LogP contribution >= 0.6 is 0 Å². The molecule has 0 amide bonds. The molecule has 156 valence electrons. The fraction of sp³-hybridized carbons (Fsp3) is 0.318. The van der Waals surface area contributed by atoms with E-state index in [9.17, 15) is 0 Å². The predicted molar refractivity (Wildman–Crippen MR) is 117 cm³/mol. The van der Waals surface area contributed by atoms with Gasteiger partial charge in [-0.05, 0) is 48.2 Å². The highest BCUT2D eigenvalue weighted by Crippen LogP contribution is 2.24. The van der Waals surface area contributed by atoms with Crippen LogP contribution in [0.4, 0.5) is 17.8 Å². The second-order valence-corrected chi connectivity index (χ2v) is 7.13. The van der Waals surface area contributed by atoms with E-state index in [1.165, 1.54) is 0 Å². The largest absolute Gasteiger partial charge is 0.497 e. The maximum atomic E-state index is 5.21. The minimum atomic E-state index is 0.455. The third-order valence-electron chi connectivity index (χ3n) is 4.77. The average Bonchev–Trinajstić information content (AvgIpc) is 3.61. The van der Waals surface area contributed by atoms with Crippen molar-refractivity contribution in [3.63, 3.8) is 0 Å². The highest BCUT2D eigenvalue weighted by molar-refractivity contribution is 5.44. The van der Waals surface area contributed by atoms with Crippen molar-refractivity contribution >= 4 is 17.8 Å². The second-order valence-electron chi connectivity index (χ2n) is 7.13. The Morgan fingerprint density at radius 3 is 1.53 bits per heavy atom. The Morgan fingerprint density at radius 2 is 1.13 bits per heavy atom. The number of hydrogen-bond donors (Lipinski definition) is 3. The molecule has 3 N–H and O–H groups in total.